The van der Waals surface area contributed by atoms with Gasteiger partial charge in [0.05, 0.1) is 10.0 Å². The number of pyridine rings is 1. The number of halogens is 2. The van der Waals surface area contributed by atoms with E-state index in [4.69, 9.17) is 23.2 Å². The summed E-state index contributed by atoms with van der Waals surface area (Å²) in [5.41, 5.74) is 1.29. The number of hydrogen-bond acceptors (Lipinski definition) is 3. The van der Waals surface area contributed by atoms with E-state index in [0.717, 1.165) is 18.8 Å². The molecule has 3 nitrogen and oxygen atoms in total. The highest BCUT2D eigenvalue weighted by molar-refractivity contribution is 6.37. The van der Waals surface area contributed by atoms with E-state index in [1.807, 2.05) is 30.1 Å². The SMILES string of the molecule is CNc1nc(N(C)CCc2ccccc2)c(Cl)cc1Cl. The third-order valence-corrected chi connectivity index (χ3v) is 3.65. The van der Waals surface area contributed by atoms with Crippen molar-refractivity contribution < 1.29 is 0 Å². The van der Waals surface area contributed by atoms with Gasteiger partial charge in [-0.2, -0.15) is 0 Å². The highest BCUT2D eigenvalue weighted by Gasteiger charge is 2.12. The molecular formula is C15H17Cl2N3. The first-order chi connectivity index (χ1) is 9.61. The van der Waals surface area contributed by atoms with Crippen LogP contribution in [0, 0.1) is 0 Å². The van der Waals surface area contributed by atoms with Crippen LogP contribution in [0.3, 0.4) is 0 Å². The van der Waals surface area contributed by atoms with Crippen LogP contribution in [0.25, 0.3) is 0 Å². The fourth-order valence-corrected chi connectivity index (χ4v) is 2.54. The second-order valence-electron chi connectivity index (χ2n) is 4.53. The number of hydrogen-bond donors (Lipinski definition) is 1. The molecule has 0 bridgehead atoms. The number of nitrogens with one attached hydrogen (secondary N) is 1. The average Bonchev–Trinajstić information content (AvgIpc) is 2.46. The van der Waals surface area contributed by atoms with Gasteiger partial charge in [0.2, 0.25) is 0 Å². The van der Waals surface area contributed by atoms with Crippen LogP contribution in [-0.4, -0.2) is 25.6 Å². The van der Waals surface area contributed by atoms with Crippen LogP contribution in [0.4, 0.5) is 11.6 Å². The topological polar surface area (TPSA) is 28.2 Å². The Morgan fingerprint density at radius 1 is 1.15 bits per heavy atom. The number of likely N-dealkylation sites (N-methyl/N-ethyl adjacent to an activating group) is 1. The van der Waals surface area contributed by atoms with Crippen molar-refractivity contribution >= 4 is 34.8 Å². The molecule has 0 aliphatic rings. The second-order valence-corrected chi connectivity index (χ2v) is 5.35. The molecule has 1 aromatic heterocycles. The zero-order valence-electron chi connectivity index (χ0n) is 11.5. The lowest BCUT2D eigenvalue weighted by atomic mass is 10.1. The Hall–Kier alpha value is -1.45. The van der Waals surface area contributed by atoms with Gasteiger partial charge in [-0.05, 0) is 18.1 Å². The summed E-state index contributed by atoms with van der Waals surface area (Å²) >= 11 is 12.3. The molecule has 0 unspecified atom stereocenters. The van der Waals surface area contributed by atoms with Gasteiger partial charge in [-0.1, -0.05) is 53.5 Å². The van der Waals surface area contributed by atoms with E-state index in [1.54, 1.807) is 13.1 Å². The van der Waals surface area contributed by atoms with Crippen LogP contribution in [-0.2, 0) is 6.42 Å². The Balaban J connectivity index is 2.11. The molecule has 106 valence electrons. The monoisotopic (exact) mass is 309 g/mol. The van der Waals surface area contributed by atoms with E-state index in [1.165, 1.54) is 5.56 Å². The van der Waals surface area contributed by atoms with Crippen LogP contribution in [0.5, 0.6) is 0 Å². The molecule has 1 N–H and O–H groups in total. The van der Waals surface area contributed by atoms with Crippen molar-refractivity contribution in [1.82, 2.24) is 4.98 Å². The standard InChI is InChI=1S/C15H17Cl2N3/c1-18-14-12(16)10-13(17)15(19-14)20(2)9-8-11-6-4-3-5-7-11/h3-7,10H,8-9H2,1-2H3,(H,18,19). The van der Waals surface area contributed by atoms with Crippen LogP contribution in [0.2, 0.25) is 10.0 Å². The first kappa shape index (κ1) is 14.9. The molecule has 20 heavy (non-hydrogen) atoms. The van der Waals surface area contributed by atoms with Crippen LogP contribution in [0.1, 0.15) is 5.56 Å². The van der Waals surface area contributed by atoms with Crippen LogP contribution in [0.15, 0.2) is 36.4 Å². The molecule has 0 aliphatic carbocycles. The maximum absolute atomic E-state index is 6.22. The van der Waals surface area contributed by atoms with E-state index >= 15 is 0 Å². The lowest BCUT2D eigenvalue weighted by molar-refractivity contribution is 0.860. The summed E-state index contributed by atoms with van der Waals surface area (Å²) in [5, 5.41) is 4.05. The first-order valence-corrected chi connectivity index (χ1v) is 7.16. The molecule has 0 saturated carbocycles. The minimum atomic E-state index is 0.526. The summed E-state index contributed by atoms with van der Waals surface area (Å²) in [6, 6.07) is 12.1. The molecule has 2 aromatic rings. The Morgan fingerprint density at radius 3 is 2.50 bits per heavy atom. The molecule has 1 heterocycles. The van der Waals surface area contributed by atoms with E-state index < -0.39 is 0 Å². The highest BCUT2D eigenvalue weighted by Crippen LogP contribution is 2.30. The van der Waals surface area contributed by atoms with Gasteiger partial charge in [0.25, 0.3) is 0 Å². The van der Waals surface area contributed by atoms with E-state index in [2.05, 4.69) is 22.4 Å². The summed E-state index contributed by atoms with van der Waals surface area (Å²) in [6.45, 7) is 0.835. The average molecular weight is 310 g/mol. The van der Waals surface area contributed by atoms with Gasteiger partial charge in [-0.25, -0.2) is 4.98 Å². The summed E-state index contributed by atoms with van der Waals surface area (Å²) in [7, 11) is 3.76. The van der Waals surface area contributed by atoms with E-state index in [-0.39, 0.29) is 0 Å². The van der Waals surface area contributed by atoms with Crippen molar-refractivity contribution in [1.29, 1.82) is 0 Å². The molecule has 1 aromatic carbocycles. The normalized spacial score (nSPS) is 10.4. The number of aromatic nitrogens is 1. The van der Waals surface area contributed by atoms with Crippen molar-refractivity contribution in [3.05, 3.63) is 52.0 Å². The first-order valence-electron chi connectivity index (χ1n) is 6.40. The number of benzene rings is 1. The quantitative estimate of drug-likeness (QED) is 0.901. The van der Waals surface area contributed by atoms with Gasteiger partial charge in [-0.15, -0.1) is 0 Å². The summed E-state index contributed by atoms with van der Waals surface area (Å²) in [5.74, 6) is 1.37. The fourth-order valence-electron chi connectivity index (χ4n) is 1.95. The molecule has 0 atom stereocenters. The van der Waals surface area contributed by atoms with Crippen LogP contribution < -0.4 is 10.2 Å². The van der Waals surface area contributed by atoms with Gasteiger partial charge in [0, 0.05) is 20.6 Å². The molecule has 0 aliphatic heterocycles. The van der Waals surface area contributed by atoms with Crippen molar-refractivity contribution in [2.45, 2.75) is 6.42 Å². The predicted molar refractivity (Wildman–Crippen MR) is 87.2 cm³/mol. The Kier molecular flexibility index (Phi) is 5.10. The van der Waals surface area contributed by atoms with Gasteiger partial charge in [0.1, 0.15) is 11.6 Å². The summed E-state index contributed by atoms with van der Waals surface area (Å²) in [4.78, 5) is 6.49. The summed E-state index contributed by atoms with van der Waals surface area (Å²) < 4.78 is 0. The second kappa shape index (κ2) is 6.82. The number of rotatable bonds is 5. The molecule has 0 saturated heterocycles. The third kappa shape index (κ3) is 3.56. The maximum atomic E-state index is 6.22. The lowest BCUT2D eigenvalue weighted by Gasteiger charge is -2.20. The molecule has 0 radical (unpaired) electrons. The van der Waals surface area contributed by atoms with Crippen molar-refractivity contribution in [2.75, 3.05) is 30.9 Å². The number of nitrogens with zero attached hydrogens (tertiary/aromatic N) is 2. The molecule has 0 spiro atoms. The Morgan fingerprint density at radius 2 is 1.85 bits per heavy atom. The maximum Gasteiger partial charge on any atom is 0.149 e. The lowest BCUT2D eigenvalue weighted by Crippen LogP contribution is -2.22. The zero-order chi connectivity index (χ0) is 14.5. The molecule has 0 fully saturated rings. The molecule has 5 heteroatoms. The minimum absolute atomic E-state index is 0.526. The highest BCUT2D eigenvalue weighted by atomic mass is 35.5. The van der Waals surface area contributed by atoms with Crippen molar-refractivity contribution in [3.63, 3.8) is 0 Å². The fraction of sp³-hybridized carbons (Fsp3) is 0.267. The van der Waals surface area contributed by atoms with E-state index in [0.29, 0.717) is 15.9 Å². The molecule has 0 amide bonds. The van der Waals surface area contributed by atoms with Crippen molar-refractivity contribution in [2.24, 2.45) is 0 Å². The zero-order valence-corrected chi connectivity index (χ0v) is 13.0. The minimum Gasteiger partial charge on any atom is -0.372 e. The van der Waals surface area contributed by atoms with Gasteiger partial charge < -0.3 is 10.2 Å². The Bertz CT molecular complexity index is 573. The summed E-state index contributed by atoms with van der Waals surface area (Å²) in [6.07, 6.45) is 0.937. The van der Waals surface area contributed by atoms with Gasteiger partial charge >= 0.3 is 0 Å². The predicted octanol–water partition coefficient (Wildman–Crippen LogP) is 4.11. The van der Waals surface area contributed by atoms with Crippen LogP contribution >= 0.6 is 23.2 Å². The Labute approximate surface area is 129 Å². The smallest absolute Gasteiger partial charge is 0.149 e. The molecular weight excluding hydrogens is 293 g/mol. The number of anilines is 2. The van der Waals surface area contributed by atoms with Gasteiger partial charge in [-0.3, -0.25) is 0 Å². The van der Waals surface area contributed by atoms with Crippen molar-refractivity contribution in [3.8, 4) is 0 Å². The largest absolute Gasteiger partial charge is 0.372 e. The molecule has 2 rings (SSSR count). The van der Waals surface area contributed by atoms with Gasteiger partial charge in [0.15, 0.2) is 0 Å². The van der Waals surface area contributed by atoms with E-state index in [9.17, 15) is 0 Å². The third-order valence-electron chi connectivity index (χ3n) is 3.09.